The maximum Gasteiger partial charge on any atom is 0.231 e. The number of aromatic hydroxyl groups is 1. The molecule has 6 nitrogen and oxygen atoms in total. The molecule has 1 saturated heterocycles. The first-order chi connectivity index (χ1) is 15.1. The summed E-state index contributed by atoms with van der Waals surface area (Å²) in [6.45, 7) is 7.65. The maximum absolute atomic E-state index is 10.2. The van der Waals surface area contributed by atoms with E-state index in [0.29, 0.717) is 0 Å². The minimum Gasteiger partial charge on any atom is -0.506 e. The summed E-state index contributed by atoms with van der Waals surface area (Å²) in [5.41, 5.74) is 5.72. The van der Waals surface area contributed by atoms with Gasteiger partial charge in [0.15, 0.2) is 0 Å². The van der Waals surface area contributed by atoms with Crippen molar-refractivity contribution in [3.63, 3.8) is 0 Å². The van der Waals surface area contributed by atoms with Gasteiger partial charge in [-0.1, -0.05) is 36.4 Å². The van der Waals surface area contributed by atoms with Crippen LogP contribution in [0.25, 0.3) is 16.7 Å². The van der Waals surface area contributed by atoms with E-state index < -0.39 is 0 Å². The highest BCUT2D eigenvalue weighted by atomic mass is 16.5. The molecule has 0 saturated carbocycles. The van der Waals surface area contributed by atoms with Gasteiger partial charge in [-0.25, -0.2) is 4.98 Å². The van der Waals surface area contributed by atoms with Crippen molar-refractivity contribution >= 4 is 16.7 Å². The molecular weight excluding hydrogens is 388 g/mol. The fourth-order valence-electron chi connectivity index (χ4n) is 4.27. The molecule has 0 radical (unpaired) electrons. The number of nitrogens with one attached hydrogen (secondary N) is 1. The summed E-state index contributed by atoms with van der Waals surface area (Å²) in [6, 6.07) is 18.0. The van der Waals surface area contributed by atoms with Crippen molar-refractivity contribution in [1.29, 1.82) is 0 Å². The van der Waals surface area contributed by atoms with Crippen molar-refractivity contribution in [1.82, 2.24) is 14.9 Å². The number of pyridine rings is 1. The summed E-state index contributed by atoms with van der Waals surface area (Å²) in [7, 11) is 0. The van der Waals surface area contributed by atoms with Crippen LogP contribution in [0.3, 0.4) is 0 Å². The number of para-hydroxylation sites is 2. The molecule has 2 aromatic carbocycles. The number of fused-ring (bicyclic) bond motifs is 1. The van der Waals surface area contributed by atoms with E-state index in [9.17, 15) is 5.11 Å². The third kappa shape index (κ3) is 3.49. The number of hydrogen-bond acceptors (Lipinski definition) is 5. The zero-order valence-electron chi connectivity index (χ0n) is 17.8. The number of hydrogen-bond donors (Lipinski definition) is 2. The van der Waals surface area contributed by atoms with Crippen LogP contribution in [0, 0.1) is 13.8 Å². The Hall–Kier alpha value is -3.51. The second-order valence-corrected chi connectivity index (χ2v) is 7.95. The highest BCUT2D eigenvalue weighted by molar-refractivity contribution is 5.96. The quantitative estimate of drug-likeness (QED) is 0.513. The van der Waals surface area contributed by atoms with Crippen LogP contribution in [-0.4, -0.2) is 40.8 Å². The second-order valence-electron chi connectivity index (χ2n) is 7.95. The molecule has 3 heterocycles. The van der Waals surface area contributed by atoms with Gasteiger partial charge < -0.3 is 20.1 Å². The predicted octanol–water partition coefficient (Wildman–Crippen LogP) is 4.55. The normalized spacial score (nSPS) is 14.2. The zero-order chi connectivity index (χ0) is 21.4. The number of aromatic nitrogens is 2. The van der Waals surface area contributed by atoms with Crippen LogP contribution in [0.15, 0.2) is 60.8 Å². The molecule has 0 amide bonds. The summed E-state index contributed by atoms with van der Waals surface area (Å²) in [6.07, 6.45) is 1.51. The van der Waals surface area contributed by atoms with Gasteiger partial charge in [0.05, 0.1) is 11.7 Å². The summed E-state index contributed by atoms with van der Waals surface area (Å²) >= 11 is 0. The van der Waals surface area contributed by atoms with Crippen LogP contribution in [0.5, 0.6) is 17.4 Å². The average molecular weight is 415 g/mol. The second kappa shape index (κ2) is 7.96. The van der Waals surface area contributed by atoms with Gasteiger partial charge in [0.25, 0.3) is 0 Å². The lowest BCUT2D eigenvalue weighted by Gasteiger charge is -2.29. The molecule has 2 aromatic heterocycles. The minimum atomic E-state index is 0.132. The Bertz CT molecular complexity index is 1210. The van der Waals surface area contributed by atoms with Gasteiger partial charge in [-0.2, -0.15) is 0 Å². The number of nitrogens with zero attached hydrogens (tertiary/aromatic N) is 3. The zero-order valence-corrected chi connectivity index (χ0v) is 17.8. The van der Waals surface area contributed by atoms with Crippen LogP contribution in [0.4, 0.5) is 5.69 Å². The molecule has 0 atom stereocenters. The number of piperazine rings is 1. The molecule has 4 aromatic rings. The summed E-state index contributed by atoms with van der Waals surface area (Å²) in [5, 5.41) is 13.7. The molecule has 1 aliphatic rings. The lowest BCUT2D eigenvalue weighted by molar-refractivity contribution is 0.445. The first-order valence-corrected chi connectivity index (χ1v) is 10.6. The van der Waals surface area contributed by atoms with Crippen molar-refractivity contribution in [2.45, 2.75) is 13.8 Å². The molecule has 31 heavy (non-hydrogen) atoms. The third-order valence-electron chi connectivity index (χ3n) is 5.78. The van der Waals surface area contributed by atoms with Crippen molar-refractivity contribution in [2.75, 3.05) is 31.1 Å². The van der Waals surface area contributed by atoms with Gasteiger partial charge in [0, 0.05) is 37.9 Å². The Morgan fingerprint density at radius 2 is 1.68 bits per heavy atom. The van der Waals surface area contributed by atoms with E-state index in [-0.39, 0.29) is 5.75 Å². The van der Waals surface area contributed by atoms with Gasteiger partial charge in [-0.15, -0.1) is 0 Å². The molecule has 0 bridgehead atoms. The Morgan fingerprint density at radius 3 is 2.39 bits per heavy atom. The first-order valence-electron chi connectivity index (χ1n) is 10.6. The van der Waals surface area contributed by atoms with E-state index in [1.54, 1.807) is 6.07 Å². The lowest BCUT2D eigenvalue weighted by atomic mass is 10.1. The molecule has 0 unspecified atom stereocenters. The molecule has 1 aliphatic heterocycles. The number of rotatable bonds is 4. The molecule has 0 spiro atoms. The van der Waals surface area contributed by atoms with Crippen LogP contribution >= 0.6 is 0 Å². The predicted molar refractivity (Wildman–Crippen MR) is 124 cm³/mol. The largest absolute Gasteiger partial charge is 0.506 e. The van der Waals surface area contributed by atoms with E-state index in [2.05, 4.69) is 45.7 Å². The molecule has 2 N–H and O–H groups in total. The molecule has 0 aliphatic carbocycles. The summed E-state index contributed by atoms with van der Waals surface area (Å²) < 4.78 is 8.77. The smallest absolute Gasteiger partial charge is 0.231 e. The van der Waals surface area contributed by atoms with Crippen molar-refractivity contribution < 1.29 is 9.84 Å². The highest BCUT2D eigenvalue weighted by Gasteiger charge is 2.28. The minimum absolute atomic E-state index is 0.132. The Morgan fingerprint density at radius 1 is 0.968 bits per heavy atom. The monoisotopic (exact) mass is 414 g/mol. The van der Waals surface area contributed by atoms with Gasteiger partial charge >= 0.3 is 0 Å². The molecule has 1 fully saturated rings. The third-order valence-corrected chi connectivity index (χ3v) is 5.78. The maximum atomic E-state index is 10.2. The SMILES string of the molecule is Cc1cccc(C)c1Oc1c(N2CCNCC2)c2ncc(O)cc2n1-c1ccccc1. The molecule has 5 rings (SSSR count). The number of ether oxygens (including phenoxy) is 1. The molecule has 158 valence electrons. The van der Waals surface area contributed by atoms with E-state index in [1.807, 2.05) is 36.4 Å². The standard InChI is InChI=1S/C25H26N4O2/c1-17-7-6-8-18(2)24(17)31-25-23(28-13-11-26-12-14-28)22-21(15-20(30)16-27-22)29(25)19-9-4-3-5-10-19/h3-10,15-16,26,30H,11-14H2,1-2H3. The van der Waals surface area contributed by atoms with Crippen LogP contribution in [0.1, 0.15) is 11.1 Å². The van der Waals surface area contributed by atoms with Gasteiger partial charge in [0.1, 0.15) is 22.7 Å². The van der Waals surface area contributed by atoms with Gasteiger partial charge in [-0.05, 0) is 37.1 Å². The Kier molecular flexibility index (Phi) is 5.00. The molecule has 6 heteroatoms. The molecular formula is C25H26N4O2. The topological polar surface area (TPSA) is 62.6 Å². The summed E-state index contributed by atoms with van der Waals surface area (Å²) in [4.78, 5) is 6.96. The number of benzene rings is 2. The lowest BCUT2D eigenvalue weighted by Crippen LogP contribution is -2.43. The van der Waals surface area contributed by atoms with Crippen molar-refractivity contribution in [3.05, 3.63) is 71.9 Å². The van der Waals surface area contributed by atoms with E-state index in [4.69, 9.17) is 4.74 Å². The Labute approximate surface area is 181 Å². The fraction of sp³-hybridized carbons (Fsp3) is 0.240. The van der Waals surface area contributed by atoms with Crippen molar-refractivity contribution in [3.8, 4) is 23.1 Å². The fourth-order valence-corrected chi connectivity index (χ4v) is 4.27. The van der Waals surface area contributed by atoms with Gasteiger partial charge in [0.2, 0.25) is 5.88 Å². The van der Waals surface area contributed by atoms with E-state index in [1.165, 1.54) is 6.20 Å². The highest BCUT2D eigenvalue weighted by Crippen LogP contribution is 2.44. The Balaban J connectivity index is 1.82. The van der Waals surface area contributed by atoms with Crippen LogP contribution < -0.4 is 15.0 Å². The summed E-state index contributed by atoms with van der Waals surface area (Å²) in [5.74, 6) is 1.70. The van der Waals surface area contributed by atoms with Crippen LogP contribution in [0.2, 0.25) is 0 Å². The van der Waals surface area contributed by atoms with Gasteiger partial charge in [-0.3, -0.25) is 4.57 Å². The first kappa shape index (κ1) is 19.5. The number of anilines is 1. The van der Waals surface area contributed by atoms with Crippen molar-refractivity contribution in [2.24, 2.45) is 0 Å². The number of aryl methyl sites for hydroxylation is 2. The van der Waals surface area contributed by atoms with E-state index >= 15 is 0 Å². The van der Waals surface area contributed by atoms with E-state index in [0.717, 1.165) is 71.3 Å². The van der Waals surface area contributed by atoms with Crippen LogP contribution in [-0.2, 0) is 0 Å². The average Bonchev–Trinajstić information content (AvgIpc) is 3.10.